The van der Waals surface area contributed by atoms with E-state index in [9.17, 15) is 9.59 Å². The van der Waals surface area contributed by atoms with E-state index in [0.29, 0.717) is 24.2 Å². The first-order valence-corrected chi connectivity index (χ1v) is 7.30. The molecule has 0 aliphatic rings. The van der Waals surface area contributed by atoms with Crippen LogP contribution in [0.25, 0.3) is 0 Å². The molecule has 23 heavy (non-hydrogen) atoms. The average Bonchev–Trinajstić information content (AvgIpc) is 2.85. The molecule has 0 saturated carbocycles. The minimum atomic E-state index is -0.291. The summed E-state index contributed by atoms with van der Waals surface area (Å²) >= 11 is 0. The fourth-order valence-corrected chi connectivity index (χ4v) is 2.15. The molecule has 0 unspecified atom stereocenters. The van der Waals surface area contributed by atoms with Gasteiger partial charge in [-0.3, -0.25) is 4.79 Å². The molecule has 1 aromatic carbocycles. The van der Waals surface area contributed by atoms with E-state index in [1.165, 1.54) is 0 Å². The lowest BCUT2D eigenvalue weighted by atomic mass is 10.1. The molecular formula is C16H20N4O3. The number of hydrogen-bond donors (Lipinski definition) is 3. The number of aromatic nitrogens is 1. The zero-order chi connectivity index (χ0) is 16.8. The Balaban J connectivity index is 1.86. The van der Waals surface area contributed by atoms with E-state index in [1.54, 1.807) is 31.3 Å². The molecule has 0 fully saturated rings. The van der Waals surface area contributed by atoms with Gasteiger partial charge in [-0.25, -0.2) is 4.79 Å². The number of rotatable bonds is 5. The molecule has 1 aromatic heterocycles. The van der Waals surface area contributed by atoms with Crippen LogP contribution in [0.4, 0.5) is 16.2 Å². The summed E-state index contributed by atoms with van der Waals surface area (Å²) in [5.74, 6) is 0.664. The van der Waals surface area contributed by atoms with Crippen LogP contribution in [0.2, 0.25) is 0 Å². The van der Waals surface area contributed by atoms with E-state index in [-0.39, 0.29) is 11.9 Å². The van der Waals surface area contributed by atoms with Crippen LogP contribution in [0.15, 0.2) is 28.8 Å². The molecule has 2 rings (SSSR count). The lowest BCUT2D eigenvalue weighted by Crippen LogP contribution is -2.24. The van der Waals surface area contributed by atoms with Gasteiger partial charge in [0.15, 0.2) is 0 Å². The first-order chi connectivity index (χ1) is 11.0. The van der Waals surface area contributed by atoms with Gasteiger partial charge in [0.1, 0.15) is 5.76 Å². The molecule has 7 heteroatoms. The van der Waals surface area contributed by atoms with Crippen LogP contribution in [-0.4, -0.2) is 24.1 Å². The molecule has 3 N–H and O–H groups in total. The first kappa shape index (κ1) is 16.5. The Kier molecular flexibility index (Phi) is 5.35. The largest absolute Gasteiger partial charge is 0.361 e. The first-order valence-electron chi connectivity index (χ1n) is 7.30. The number of benzene rings is 1. The van der Waals surface area contributed by atoms with Crippen molar-refractivity contribution in [3.05, 3.63) is 41.3 Å². The second-order valence-electron chi connectivity index (χ2n) is 5.13. The molecule has 2 aromatic rings. The normalized spacial score (nSPS) is 10.2. The summed E-state index contributed by atoms with van der Waals surface area (Å²) in [6, 6.07) is 6.62. The van der Waals surface area contributed by atoms with Gasteiger partial charge in [-0.15, -0.1) is 0 Å². The lowest BCUT2D eigenvalue weighted by molar-refractivity contribution is -0.116. The minimum Gasteiger partial charge on any atom is -0.361 e. The fourth-order valence-electron chi connectivity index (χ4n) is 2.15. The van der Waals surface area contributed by atoms with E-state index < -0.39 is 0 Å². The molecule has 0 aliphatic heterocycles. The Morgan fingerprint density at radius 1 is 1.09 bits per heavy atom. The van der Waals surface area contributed by atoms with E-state index in [4.69, 9.17) is 4.52 Å². The monoisotopic (exact) mass is 316 g/mol. The third kappa shape index (κ3) is 4.57. The molecule has 1 heterocycles. The molecule has 0 atom stereocenters. The zero-order valence-electron chi connectivity index (χ0n) is 13.4. The molecule has 0 radical (unpaired) electrons. The highest BCUT2D eigenvalue weighted by Crippen LogP contribution is 2.16. The van der Waals surface area contributed by atoms with Crippen molar-refractivity contribution in [1.82, 2.24) is 10.5 Å². The smallest absolute Gasteiger partial charge is 0.318 e. The van der Waals surface area contributed by atoms with Crippen LogP contribution in [0.5, 0.6) is 0 Å². The van der Waals surface area contributed by atoms with E-state index in [2.05, 4.69) is 21.1 Å². The Labute approximate surface area is 134 Å². The number of carbonyl (C=O) groups is 2. The molecule has 122 valence electrons. The van der Waals surface area contributed by atoms with Crippen LogP contribution in [-0.2, 0) is 11.2 Å². The van der Waals surface area contributed by atoms with Crippen LogP contribution in [0.3, 0.4) is 0 Å². The number of hydrogen-bond acceptors (Lipinski definition) is 4. The number of urea groups is 1. The number of nitrogens with one attached hydrogen (secondary N) is 3. The molecule has 0 saturated heterocycles. The van der Waals surface area contributed by atoms with Gasteiger partial charge in [0, 0.05) is 30.4 Å². The quantitative estimate of drug-likeness (QED) is 0.790. The molecular weight excluding hydrogens is 296 g/mol. The van der Waals surface area contributed by atoms with Crippen molar-refractivity contribution in [1.29, 1.82) is 0 Å². The summed E-state index contributed by atoms with van der Waals surface area (Å²) in [6.07, 6.45) is 0.935. The summed E-state index contributed by atoms with van der Waals surface area (Å²) in [7, 11) is 1.54. The topological polar surface area (TPSA) is 96.3 Å². The Morgan fingerprint density at radius 3 is 2.22 bits per heavy atom. The van der Waals surface area contributed by atoms with Crippen molar-refractivity contribution >= 4 is 23.3 Å². The number of carbonyl (C=O) groups excluding carboxylic acids is 2. The van der Waals surface area contributed by atoms with Crippen molar-refractivity contribution in [3.63, 3.8) is 0 Å². The number of anilines is 2. The van der Waals surface area contributed by atoms with E-state index in [0.717, 1.165) is 17.0 Å². The van der Waals surface area contributed by atoms with Gasteiger partial charge in [-0.1, -0.05) is 5.16 Å². The van der Waals surface area contributed by atoms with Crippen LogP contribution < -0.4 is 16.0 Å². The van der Waals surface area contributed by atoms with Crippen molar-refractivity contribution in [2.24, 2.45) is 0 Å². The van der Waals surface area contributed by atoms with Gasteiger partial charge in [-0.2, -0.15) is 0 Å². The number of aryl methyl sites for hydroxylation is 2. The summed E-state index contributed by atoms with van der Waals surface area (Å²) in [6.45, 7) is 3.70. The molecule has 0 aliphatic carbocycles. The summed E-state index contributed by atoms with van der Waals surface area (Å²) in [5, 5.41) is 11.8. The Hall–Kier alpha value is -2.83. The van der Waals surface area contributed by atoms with Crippen molar-refractivity contribution in [2.45, 2.75) is 26.7 Å². The molecule has 7 nitrogen and oxygen atoms in total. The molecule has 0 bridgehead atoms. The van der Waals surface area contributed by atoms with Gasteiger partial charge in [0.2, 0.25) is 5.91 Å². The predicted molar refractivity (Wildman–Crippen MR) is 87.4 cm³/mol. The van der Waals surface area contributed by atoms with Crippen LogP contribution in [0, 0.1) is 13.8 Å². The molecule has 0 spiro atoms. The highest BCUT2D eigenvalue weighted by atomic mass is 16.5. The van der Waals surface area contributed by atoms with Crippen LogP contribution in [0.1, 0.15) is 23.4 Å². The van der Waals surface area contributed by atoms with Gasteiger partial charge < -0.3 is 20.5 Å². The maximum atomic E-state index is 12.0. The second-order valence-corrected chi connectivity index (χ2v) is 5.13. The van der Waals surface area contributed by atoms with E-state index in [1.807, 2.05) is 13.8 Å². The minimum absolute atomic E-state index is 0.0861. The standard InChI is InChI=1S/C16H20N4O3/c1-10-14(11(2)23-20-10)8-9-15(21)18-12-4-6-13(7-5-12)19-16(22)17-3/h4-7H,8-9H2,1-3H3,(H,18,21)(H2,17,19,22). The second kappa shape index (κ2) is 7.44. The van der Waals surface area contributed by atoms with Crippen molar-refractivity contribution in [2.75, 3.05) is 17.7 Å². The van der Waals surface area contributed by atoms with Gasteiger partial charge in [-0.05, 0) is 44.5 Å². The molecule has 3 amide bonds. The fraction of sp³-hybridized carbons (Fsp3) is 0.312. The van der Waals surface area contributed by atoms with Crippen LogP contribution >= 0.6 is 0 Å². The highest BCUT2D eigenvalue weighted by Gasteiger charge is 2.11. The van der Waals surface area contributed by atoms with Crippen molar-refractivity contribution < 1.29 is 14.1 Å². The third-order valence-corrected chi connectivity index (χ3v) is 3.44. The maximum absolute atomic E-state index is 12.0. The van der Waals surface area contributed by atoms with Crippen molar-refractivity contribution in [3.8, 4) is 0 Å². The highest BCUT2D eigenvalue weighted by molar-refractivity contribution is 5.92. The SMILES string of the molecule is CNC(=O)Nc1ccc(NC(=O)CCc2c(C)noc2C)cc1. The summed E-state index contributed by atoms with van der Waals surface area (Å²) in [4.78, 5) is 23.2. The van der Waals surface area contributed by atoms with E-state index >= 15 is 0 Å². The van der Waals surface area contributed by atoms with Gasteiger partial charge in [0.25, 0.3) is 0 Å². The van der Waals surface area contributed by atoms with Gasteiger partial charge in [0.05, 0.1) is 5.69 Å². The maximum Gasteiger partial charge on any atom is 0.318 e. The zero-order valence-corrected chi connectivity index (χ0v) is 13.4. The third-order valence-electron chi connectivity index (χ3n) is 3.44. The predicted octanol–water partition coefficient (Wildman–Crippen LogP) is 2.61. The Bertz CT molecular complexity index is 672. The summed E-state index contributed by atoms with van der Waals surface area (Å²) in [5.41, 5.74) is 3.12. The summed E-state index contributed by atoms with van der Waals surface area (Å²) < 4.78 is 5.08. The number of nitrogens with zero attached hydrogens (tertiary/aromatic N) is 1. The average molecular weight is 316 g/mol. The number of amides is 3. The van der Waals surface area contributed by atoms with Gasteiger partial charge >= 0.3 is 6.03 Å². The Morgan fingerprint density at radius 2 is 1.70 bits per heavy atom. The lowest BCUT2D eigenvalue weighted by Gasteiger charge is -2.07.